The van der Waals surface area contributed by atoms with Crippen molar-refractivity contribution in [2.24, 2.45) is 23.7 Å². The van der Waals surface area contributed by atoms with Crippen LogP contribution in [0.2, 0.25) is 0 Å². The van der Waals surface area contributed by atoms with Gasteiger partial charge in [0.25, 0.3) is 0 Å². The van der Waals surface area contributed by atoms with Gasteiger partial charge in [-0.25, -0.2) is 19.2 Å². The fourth-order valence-electron chi connectivity index (χ4n) is 19.6. The number of ether oxygens (including phenoxy) is 5. The Morgan fingerprint density at radius 1 is 0.362 bits per heavy atom. The number of hydrogen-bond acceptors (Lipinski definition) is 17. The van der Waals surface area contributed by atoms with Crippen LogP contribution in [0.15, 0.2) is 194 Å². The van der Waals surface area contributed by atoms with Crippen molar-refractivity contribution >= 4 is 105 Å². The number of aryl methyl sites for hydroxylation is 1. The quantitative estimate of drug-likeness (QED) is 0.0276. The van der Waals surface area contributed by atoms with Crippen LogP contribution in [0.4, 0.5) is 64.7 Å². The van der Waals surface area contributed by atoms with Crippen molar-refractivity contribution in [1.82, 2.24) is 21.3 Å². The molecule has 8 N–H and O–H groups in total. The summed E-state index contributed by atoms with van der Waals surface area (Å²) >= 11 is 0. The van der Waals surface area contributed by atoms with Crippen LogP contribution in [0, 0.1) is 30.6 Å². The smallest absolute Gasteiger partial charge is 0.407 e. The molecule has 0 bridgehead atoms. The van der Waals surface area contributed by atoms with Gasteiger partial charge in [0.15, 0.2) is 0 Å². The zero-order valence-corrected chi connectivity index (χ0v) is 85.5. The van der Waals surface area contributed by atoms with Gasteiger partial charge in [-0.15, -0.1) is 0 Å². The SMILES string of the molecule is CC(=O)N1c2ccc(-c3cccc(NC(=O)C4CCC(C)CC4)c3)cc2[C@H](NC(=O)OC(C)C)C[C@@H]1C.CC(=O)N1c2ccc(-c3cccc(NC(=O)CC(C)C)c3)cc2[C@H](NC(=O)OC(C)C)C[C@@H]1C.CC(=O)N1c2ccc(-c3cccc(NCC4CCOC4)c3)cc2[C@H](NC(=O)OC(C)C)C[C@@H]1C.CC(=O)N1c2ccc(-c3cccc(NCc4ccc(C)cc4)c3)cc2[C@H](NC(=O)OC(C)C)C[C@@H]1C. The number of hydrogen-bond donors (Lipinski definition) is 8. The van der Waals surface area contributed by atoms with Crippen molar-refractivity contribution < 1.29 is 71.6 Å². The third kappa shape index (κ3) is 29.1. The maximum atomic E-state index is 12.9. The number of carbonyl (C=O) groups is 10. The number of fused-ring (bicyclic) bond motifs is 4. The Hall–Kier alpha value is -13.6. The van der Waals surface area contributed by atoms with Crippen molar-refractivity contribution in [1.29, 1.82) is 0 Å². The molecule has 6 aliphatic rings. The van der Waals surface area contributed by atoms with Gasteiger partial charge in [-0.3, -0.25) is 28.8 Å². The summed E-state index contributed by atoms with van der Waals surface area (Å²) in [6, 6.07) is 63.4. The van der Waals surface area contributed by atoms with Crippen LogP contribution < -0.4 is 62.1 Å². The predicted molar refractivity (Wildman–Crippen MR) is 560 cm³/mol. The first kappa shape index (κ1) is 106. The number of carbonyl (C=O) groups excluding carboxylic acids is 10. The molecule has 1 aliphatic carbocycles. The Morgan fingerprint density at radius 2 is 0.674 bits per heavy atom. The van der Waals surface area contributed by atoms with Gasteiger partial charge in [-0.2, -0.15) is 0 Å². The van der Waals surface area contributed by atoms with Gasteiger partial charge in [-0.05, 0) is 329 Å². The minimum atomic E-state index is -0.477. The first-order valence-corrected chi connectivity index (χ1v) is 50.0. The van der Waals surface area contributed by atoms with Crippen molar-refractivity contribution in [2.45, 2.75) is 282 Å². The number of nitrogens with one attached hydrogen (secondary N) is 8. The maximum Gasteiger partial charge on any atom is 0.407 e. The van der Waals surface area contributed by atoms with E-state index in [1.807, 2.05) is 214 Å². The van der Waals surface area contributed by atoms with E-state index in [1.54, 1.807) is 51.3 Å². The second-order valence-corrected chi connectivity index (χ2v) is 40.0. The van der Waals surface area contributed by atoms with E-state index in [0.717, 1.165) is 171 Å². The molecule has 9 aromatic rings. The molecule has 1 saturated heterocycles. The largest absolute Gasteiger partial charge is 0.447 e. The Labute approximate surface area is 831 Å². The van der Waals surface area contributed by atoms with Gasteiger partial charge in [0.1, 0.15) is 0 Å². The van der Waals surface area contributed by atoms with Gasteiger partial charge in [0, 0.05) is 135 Å². The molecule has 5 heterocycles. The van der Waals surface area contributed by atoms with Crippen molar-refractivity contribution in [2.75, 3.05) is 60.6 Å². The Morgan fingerprint density at radius 3 is 0.986 bits per heavy atom. The van der Waals surface area contributed by atoms with E-state index in [2.05, 4.69) is 129 Å². The molecule has 750 valence electrons. The molecule has 0 radical (unpaired) electrons. The third-order valence-corrected chi connectivity index (χ3v) is 26.2. The molecule has 27 heteroatoms. The van der Waals surface area contributed by atoms with Gasteiger partial charge < -0.3 is 85.8 Å². The highest BCUT2D eigenvalue weighted by atomic mass is 16.6. The molecule has 1 unspecified atom stereocenters. The van der Waals surface area contributed by atoms with Gasteiger partial charge in [0.05, 0.1) is 55.2 Å². The summed E-state index contributed by atoms with van der Waals surface area (Å²) in [6.45, 7) is 40.4. The first-order chi connectivity index (χ1) is 67.2. The average molecular weight is 1920 g/mol. The van der Waals surface area contributed by atoms with E-state index >= 15 is 0 Å². The fraction of sp³-hybridized carbons (Fsp3) is 0.439. The highest BCUT2D eigenvalue weighted by molar-refractivity contribution is 5.99. The molecular weight excluding hydrogens is 1780 g/mol. The molecule has 15 rings (SSSR count). The molecule has 5 aliphatic heterocycles. The number of benzene rings is 9. The van der Waals surface area contributed by atoms with E-state index < -0.39 is 24.4 Å². The molecule has 27 nitrogen and oxygen atoms in total. The van der Waals surface area contributed by atoms with Crippen molar-refractivity contribution in [3.05, 3.63) is 228 Å². The highest BCUT2D eigenvalue weighted by Crippen LogP contribution is 2.46. The summed E-state index contributed by atoms with van der Waals surface area (Å²) in [5.41, 5.74) is 20.8. The summed E-state index contributed by atoms with van der Waals surface area (Å²) in [5.74, 6) is 1.57. The van der Waals surface area contributed by atoms with E-state index in [0.29, 0.717) is 43.9 Å². The Balaban J connectivity index is 0.000000168. The van der Waals surface area contributed by atoms with Crippen LogP contribution in [0.5, 0.6) is 0 Å². The number of nitrogens with zero attached hydrogens (tertiary/aromatic N) is 4. The average Bonchev–Trinajstić information content (AvgIpc) is 1.06. The van der Waals surface area contributed by atoms with Crippen LogP contribution in [0.3, 0.4) is 0 Å². The molecule has 2 fully saturated rings. The summed E-state index contributed by atoms with van der Waals surface area (Å²) in [4.78, 5) is 132. The normalized spacial score (nSPS) is 19.9. The predicted octanol–water partition coefficient (Wildman–Crippen LogP) is 23.8. The van der Waals surface area contributed by atoms with Gasteiger partial charge in [-0.1, -0.05) is 123 Å². The molecular formula is C114H144N12O15. The lowest BCUT2D eigenvalue weighted by atomic mass is 9.82. The summed E-state index contributed by atoms with van der Waals surface area (Å²) in [6.07, 6.45) is 5.33. The zero-order chi connectivity index (χ0) is 102. The number of amides is 10. The molecule has 9 atom stereocenters. The van der Waals surface area contributed by atoms with E-state index in [1.165, 1.54) is 11.1 Å². The summed E-state index contributed by atoms with van der Waals surface area (Å²) in [5, 5.41) is 25.1. The van der Waals surface area contributed by atoms with Gasteiger partial charge >= 0.3 is 24.4 Å². The molecule has 10 amide bonds. The standard InChI is InChI=1S/C30H39N3O4.C30H35N3O3.2C27H35N3O4/c1-18(2)37-30(36)32-27-15-20(4)33(21(5)34)28-14-13-24(17-26(27)28)23-7-6-8-25(16-23)31-29(35)22-11-9-19(3)10-12-22;1-19(2)36-30(35)32-28-15-21(4)33(22(5)34)29-14-13-25(17-27(28)29)24-7-6-8-26(16-24)31-18-23-11-9-20(3)10-12-23;1-17(2)34-27(32)29-25-12-18(3)30(19(4)31)26-9-8-22(14-24(25)26)21-6-5-7-23(13-21)28-15-20-10-11-33-16-20;1-16(2)12-26(32)28-22-9-7-8-20(14-22)21-10-11-25-23(15-21)24(29-27(33)34-17(3)4)13-18(5)30(25)19(6)31/h6-8,13-14,16-20,22,27H,9-12,15H2,1-5H3,(H,31,35)(H,32,36);6-14,16-17,19,21,28,31H,15,18H2,1-5H3,(H,32,35);5-9,13-14,17-18,20,25,28H,10-12,15-16H2,1-4H3,(H,29,32);7-11,14-18,24H,12-13H2,1-6H3,(H,28,32)(H,29,33)/t19?,20-,22?,27+;21-,28+;18-,20?,25+;18-,24+/m0000/s1. The molecule has 0 spiro atoms. The van der Waals surface area contributed by atoms with Crippen LogP contribution in [-0.2, 0) is 59.0 Å². The van der Waals surface area contributed by atoms with Crippen LogP contribution in [-0.4, -0.2) is 128 Å². The minimum absolute atomic E-state index is 0.00760. The first-order valence-electron chi connectivity index (χ1n) is 50.0. The number of alkyl carbamates (subject to hydrolysis) is 4. The van der Waals surface area contributed by atoms with E-state index in [4.69, 9.17) is 23.7 Å². The van der Waals surface area contributed by atoms with Crippen LogP contribution in [0.1, 0.15) is 253 Å². The number of anilines is 8. The van der Waals surface area contributed by atoms with Crippen LogP contribution in [0.25, 0.3) is 44.5 Å². The summed E-state index contributed by atoms with van der Waals surface area (Å²) < 4.78 is 26.8. The topological polar surface area (TPSA) is 326 Å². The lowest BCUT2D eigenvalue weighted by Crippen LogP contribution is -2.45. The van der Waals surface area contributed by atoms with E-state index in [9.17, 15) is 47.9 Å². The molecule has 0 aromatic heterocycles. The van der Waals surface area contributed by atoms with E-state index in [-0.39, 0.29) is 120 Å². The third-order valence-electron chi connectivity index (χ3n) is 26.2. The Kier molecular flexibility index (Phi) is 37.0. The lowest BCUT2D eigenvalue weighted by molar-refractivity contribution is -0.121. The van der Waals surface area contributed by atoms with Crippen LogP contribution >= 0.6 is 0 Å². The van der Waals surface area contributed by atoms with Crippen molar-refractivity contribution in [3.63, 3.8) is 0 Å². The van der Waals surface area contributed by atoms with Crippen molar-refractivity contribution in [3.8, 4) is 44.5 Å². The molecule has 1 saturated carbocycles. The molecule has 9 aromatic carbocycles. The second-order valence-electron chi connectivity index (χ2n) is 40.0. The second kappa shape index (κ2) is 49.0. The summed E-state index contributed by atoms with van der Waals surface area (Å²) in [7, 11) is 0. The lowest BCUT2D eigenvalue weighted by Gasteiger charge is -2.39. The maximum absolute atomic E-state index is 12.9. The zero-order valence-electron chi connectivity index (χ0n) is 85.5. The number of rotatable bonds is 23. The highest BCUT2D eigenvalue weighted by Gasteiger charge is 2.40. The molecule has 141 heavy (non-hydrogen) atoms. The monoisotopic (exact) mass is 1920 g/mol. The Bertz CT molecular complexity index is 5900. The van der Waals surface area contributed by atoms with Gasteiger partial charge in [0.2, 0.25) is 35.4 Å². The fourth-order valence-corrected chi connectivity index (χ4v) is 19.6. The minimum Gasteiger partial charge on any atom is -0.447 e.